The molecular formula is C13H18BrN3O2S. The number of carbonyl (C=O) groups excluding carboxylic acids is 2. The fourth-order valence-electron chi connectivity index (χ4n) is 1.36. The summed E-state index contributed by atoms with van der Waals surface area (Å²) in [7, 11) is 0. The molecule has 0 unspecified atom stereocenters. The zero-order valence-corrected chi connectivity index (χ0v) is 13.6. The fourth-order valence-corrected chi connectivity index (χ4v) is 2.82. The molecule has 0 aliphatic heterocycles. The van der Waals surface area contributed by atoms with Crippen LogP contribution in [0.2, 0.25) is 0 Å². The summed E-state index contributed by atoms with van der Waals surface area (Å²) in [5.74, 6) is -0.156. The number of imide groups is 1. The molecule has 1 rings (SSSR count). The Morgan fingerprint density at radius 3 is 2.80 bits per heavy atom. The Morgan fingerprint density at radius 1 is 1.40 bits per heavy atom. The van der Waals surface area contributed by atoms with E-state index in [-0.39, 0.29) is 11.7 Å². The van der Waals surface area contributed by atoms with Crippen molar-refractivity contribution in [1.29, 1.82) is 0 Å². The van der Waals surface area contributed by atoms with E-state index in [1.54, 1.807) is 12.1 Å². The quantitative estimate of drug-likeness (QED) is 0.414. The van der Waals surface area contributed by atoms with Crippen molar-refractivity contribution in [2.75, 3.05) is 18.0 Å². The summed E-state index contributed by atoms with van der Waals surface area (Å²) in [6.45, 7) is 2.61. The van der Waals surface area contributed by atoms with Gasteiger partial charge in [0.05, 0.1) is 5.75 Å². The Labute approximate surface area is 131 Å². The number of hydrogen-bond donors (Lipinski definition) is 3. The van der Waals surface area contributed by atoms with Crippen LogP contribution in [0.5, 0.6) is 0 Å². The van der Waals surface area contributed by atoms with Crippen molar-refractivity contribution in [3.8, 4) is 0 Å². The van der Waals surface area contributed by atoms with Gasteiger partial charge in [-0.1, -0.05) is 13.3 Å². The molecule has 0 radical (unpaired) electrons. The highest BCUT2D eigenvalue weighted by Gasteiger charge is 2.09. The van der Waals surface area contributed by atoms with Gasteiger partial charge in [0, 0.05) is 21.6 Å². The third-order valence-corrected chi connectivity index (χ3v) is 4.38. The van der Waals surface area contributed by atoms with Crippen LogP contribution in [0.25, 0.3) is 0 Å². The normalized spacial score (nSPS) is 10.1. The molecule has 5 nitrogen and oxygen atoms in total. The summed E-state index contributed by atoms with van der Waals surface area (Å²) in [5.41, 5.74) is 6.29. The van der Waals surface area contributed by atoms with Crippen LogP contribution in [-0.4, -0.2) is 24.2 Å². The summed E-state index contributed by atoms with van der Waals surface area (Å²) in [6.07, 6.45) is 1.89. The van der Waals surface area contributed by atoms with E-state index >= 15 is 0 Å². The summed E-state index contributed by atoms with van der Waals surface area (Å²) in [5, 5.41) is 4.92. The molecular weight excluding hydrogens is 342 g/mol. The van der Waals surface area contributed by atoms with E-state index in [4.69, 9.17) is 5.73 Å². The van der Waals surface area contributed by atoms with Crippen molar-refractivity contribution in [2.45, 2.75) is 24.7 Å². The second-order valence-corrected chi connectivity index (χ2v) is 6.01. The number of thioether (sulfide) groups is 1. The first-order valence-corrected chi connectivity index (χ1v) is 8.06. The van der Waals surface area contributed by atoms with E-state index in [0.717, 1.165) is 22.2 Å². The molecule has 0 aromatic heterocycles. The molecule has 0 spiro atoms. The highest BCUT2D eigenvalue weighted by molar-refractivity contribution is 9.10. The number of rotatable bonds is 6. The van der Waals surface area contributed by atoms with Gasteiger partial charge < -0.3 is 11.1 Å². The molecule has 0 aliphatic carbocycles. The molecule has 0 atom stereocenters. The number of halogens is 1. The number of benzene rings is 1. The number of nitrogen functional groups attached to an aromatic ring is 1. The zero-order chi connectivity index (χ0) is 15.0. The van der Waals surface area contributed by atoms with Gasteiger partial charge in [0.25, 0.3) is 0 Å². The minimum atomic E-state index is -0.444. The molecule has 110 valence electrons. The van der Waals surface area contributed by atoms with Gasteiger partial charge in [0.15, 0.2) is 0 Å². The molecule has 1 aromatic carbocycles. The second kappa shape index (κ2) is 8.86. The lowest BCUT2D eigenvalue weighted by atomic mass is 10.3. The smallest absolute Gasteiger partial charge is 0.321 e. The summed E-state index contributed by atoms with van der Waals surface area (Å²) in [4.78, 5) is 23.9. The van der Waals surface area contributed by atoms with Gasteiger partial charge in [-0.2, -0.15) is 0 Å². The van der Waals surface area contributed by atoms with E-state index in [9.17, 15) is 9.59 Å². The maximum atomic E-state index is 11.6. The van der Waals surface area contributed by atoms with Crippen LogP contribution in [0.15, 0.2) is 27.6 Å². The number of anilines is 1. The fraction of sp³-hybridized carbons (Fsp3) is 0.385. The monoisotopic (exact) mass is 359 g/mol. The average molecular weight is 360 g/mol. The van der Waals surface area contributed by atoms with Crippen LogP contribution in [0.3, 0.4) is 0 Å². The minimum absolute atomic E-state index is 0.170. The molecule has 7 heteroatoms. The number of hydrogen-bond acceptors (Lipinski definition) is 4. The van der Waals surface area contributed by atoms with E-state index < -0.39 is 6.03 Å². The van der Waals surface area contributed by atoms with E-state index in [0.29, 0.717) is 12.2 Å². The van der Waals surface area contributed by atoms with Gasteiger partial charge in [-0.3, -0.25) is 10.1 Å². The van der Waals surface area contributed by atoms with Gasteiger partial charge in [-0.05, 0) is 40.5 Å². The average Bonchev–Trinajstić information content (AvgIpc) is 2.38. The molecule has 0 fully saturated rings. The Bertz CT molecular complexity index is 483. The van der Waals surface area contributed by atoms with Crippen LogP contribution in [0.1, 0.15) is 19.8 Å². The number of carbonyl (C=O) groups is 2. The molecule has 3 amide bonds. The third kappa shape index (κ3) is 6.29. The Hall–Kier alpha value is -1.21. The van der Waals surface area contributed by atoms with Gasteiger partial charge in [0.1, 0.15) is 0 Å². The molecule has 0 bridgehead atoms. The SMILES string of the molecule is CCCCNC(=O)NC(=O)CSc1ccc(N)cc1Br. The molecule has 0 heterocycles. The Balaban J connectivity index is 2.34. The highest BCUT2D eigenvalue weighted by Crippen LogP contribution is 2.28. The first kappa shape index (κ1) is 16.8. The first-order valence-electron chi connectivity index (χ1n) is 6.28. The third-order valence-electron chi connectivity index (χ3n) is 2.38. The minimum Gasteiger partial charge on any atom is -0.399 e. The van der Waals surface area contributed by atoms with Crippen molar-refractivity contribution in [1.82, 2.24) is 10.6 Å². The largest absolute Gasteiger partial charge is 0.399 e. The van der Waals surface area contributed by atoms with Crippen molar-refractivity contribution >= 4 is 45.3 Å². The Kier molecular flexibility index (Phi) is 7.46. The van der Waals surface area contributed by atoms with Crippen LogP contribution in [0.4, 0.5) is 10.5 Å². The van der Waals surface area contributed by atoms with Gasteiger partial charge >= 0.3 is 6.03 Å². The van der Waals surface area contributed by atoms with E-state index in [1.807, 2.05) is 13.0 Å². The van der Waals surface area contributed by atoms with Crippen LogP contribution in [-0.2, 0) is 4.79 Å². The summed E-state index contributed by atoms with van der Waals surface area (Å²) < 4.78 is 0.836. The number of nitrogens with two attached hydrogens (primary N) is 1. The highest BCUT2D eigenvalue weighted by atomic mass is 79.9. The van der Waals surface area contributed by atoms with E-state index in [2.05, 4.69) is 26.6 Å². The number of unbranched alkanes of at least 4 members (excludes halogenated alkanes) is 1. The van der Waals surface area contributed by atoms with Crippen LogP contribution < -0.4 is 16.4 Å². The lowest BCUT2D eigenvalue weighted by molar-refractivity contribution is -0.117. The Morgan fingerprint density at radius 2 is 2.15 bits per heavy atom. The molecule has 20 heavy (non-hydrogen) atoms. The molecule has 4 N–H and O–H groups in total. The van der Waals surface area contributed by atoms with Crippen molar-refractivity contribution in [2.24, 2.45) is 0 Å². The lowest BCUT2D eigenvalue weighted by Crippen LogP contribution is -2.40. The topological polar surface area (TPSA) is 84.2 Å². The molecule has 0 saturated heterocycles. The maximum absolute atomic E-state index is 11.6. The summed E-state index contributed by atoms with van der Waals surface area (Å²) in [6, 6.07) is 4.93. The lowest BCUT2D eigenvalue weighted by Gasteiger charge is -2.07. The van der Waals surface area contributed by atoms with Crippen molar-refractivity contribution in [3.05, 3.63) is 22.7 Å². The predicted octanol–water partition coefficient (Wildman–Crippen LogP) is 2.75. The number of nitrogens with one attached hydrogen (secondary N) is 2. The van der Waals surface area contributed by atoms with Crippen molar-refractivity contribution in [3.63, 3.8) is 0 Å². The van der Waals surface area contributed by atoms with Crippen LogP contribution in [0, 0.1) is 0 Å². The zero-order valence-electron chi connectivity index (χ0n) is 11.2. The summed E-state index contributed by atoms with van der Waals surface area (Å²) >= 11 is 4.72. The second-order valence-electron chi connectivity index (χ2n) is 4.14. The number of urea groups is 1. The van der Waals surface area contributed by atoms with Crippen LogP contribution >= 0.6 is 27.7 Å². The molecule has 1 aromatic rings. The first-order chi connectivity index (χ1) is 9.52. The van der Waals surface area contributed by atoms with E-state index in [1.165, 1.54) is 11.8 Å². The van der Waals surface area contributed by atoms with Gasteiger partial charge in [-0.25, -0.2) is 4.79 Å². The molecule has 0 aliphatic rings. The number of amides is 3. The molecule has 0 saturated carbocycles. The van der Waals surface area contributed by atoms with Gasteiger partial charge in [-0.15, -0.1) is 11.8 Å². The van der Waals surface area contributed by atoms with Gasteiger partial charge in [0.2, 0.25) is 5.91 Å². The van der Waals surface area contributed by atoms with Crippen molar-refractivity contribution < 1.29 is 9.59 Å². The predicted molar refractivity (Wildman–Crippen MR) is 85.7 cm³/mol. The standard InChI is InChI=1S/C13H18BrN3O2S/c1-2-3-6-16-13(19)17-12(18)8-20-11-5-4-9(15)7-10(11)14/h4-5,7H,2-3,6,8,15H2,1H3,(H2,16,17,18,19). The maximum Gasteiger partial charge on any atom is 0.321 e.